The Labute approximate surface area is 222 Å². The van der Waals surface area contributed by atoms with Gasteiger partial charge in [-0.1, -0.05) is 6.07 Å². The fraction of sp³-hybridized carbons (Fsp3) is 0.321. The molecule has 2 aliphatic rings. The molecule has 5 heterocycles. The van der Waals surface area contributed by atoms with Gasteiger partial charge >= 0.3 is 5.97 Å². The van der Waals surface area contributed by atoms with Crippen LogP contribution in [0.4, 0.5) is 0 Å². The van der Waals surface area contributed by atoms with Crippen LogP contribution in [0.15, 0.2) is 52.4 Å². The van der Waals surface area contributed by atoms with Gasteiger partial charge in [-0.25, -0.2) is 9.78 Å². The van der Waals surface area contributed by atoms with Crippen LogP contribution in [0.2, 0.25) is 0 Å². The summed E-state index contributed by atoms with van der Waals surface area (Å²) in [6, 6.07) is 9.80. The van der Waals surface area contributed by atoms with E-state index >= 15 is 0 Å². The zero-order valence-electron chi connectivity index (χ0n) is 21.5. The molecule has 4 aromatic rings. The lowest BCUT2D eigenvalue weighted by molar-refractivity contribution is 0.0521. The Kier molecular flexibility index (Phi) is 6.35. The van der Waals surface area contributed by atoms with Gasteiger partial charge in [-0.2, -0.15) is 4.99 Å². The molecule has 1 fully saturated rings. The van der Waals surface area contributed by atoms with Crippen molar-refractivity contribution in [3.8, 4) is 11.5 Å². The lowest BCUT2D eigenvalue weighted by Gasteiger charge is -2.18. The lowest BCUT2D eigenvalue weighted by atomic mass is 10.1. The molecule has 1 saturated heterocycles. The number of benzene rings is 1. The van der Waals surface area contributed by atoms with E-state index in [4.69, 9.17) is 23.9 Å². The highest BCUT2D eigenvalue weighted by atomic mass is 16.7. The van der Waals surface area contributed by atoms with E-state index in [1.54, 1.807) is 42.0 Å². The summed E-state index contributed by atoms with van der Waals surface area (Å²) in [6.07, 6.45) is 3.08. The molecule has 0 radical (unpaired) electrons. The van der Waals surface area contributed by atoms with Crippen LogP contribution in [0.3, 0.4) is 0 Å². The molecule has 1 atom stereocenters. The van der Waals surface area contributed by atoms with Crippen LogP contribution in [-0.2, 0) is 16.0 Å². The van der Waals surface area contributed by atoms with Gasteiger partial charge in [0.15, 0.2) is 17.0 Å². The molecule has 0 aliphatic carbocycles. The molecule has 0 spiro atoms. The first-order valence-corrected chi connectivity index (χ1v) is 12.8. The van der Waals surface area contributed by atoms with Crippen molar-refractivity contribution in [3.05, 3.63) is 75.1 Å². The highest BCUT2D eigenvalue weighted by molar-refractivity contribution is 5.97. The highest BCUT2D eigenvalue weighted by Gasteiger charge is 2.24. The second kappa shape index (κ2) is 9.99. The molecular formula is C28H26N4O7. The molecular weight excluding hydrogens is 504 g/mol. The Morgan fingerprint density at radius 3 is 2.79 bits per heavy atom. The minimum Gasteiger partial charge on any atom is -0.462 e. The van der Waals surface area contributed by atoms with Gasteiger partial charge < -0.3 is 23.5 Å². The zero-order valence-corrected chi connectivity index (χ0v) is 21.5. The summed E-state index contributed by atoms with van der Waals surface area (Å²) >= 11 is 0. The van der Waals surface area contributed by atoms with E-state index in [9.17, 15) is 14.4 Å². The van der Waals surface area contributed by atoms with Gasteiger partial charge in [0, 0.05) is 18.4 Å². The molecule has 0 N–H and O–H groups in total. The maximum atomic E-state index is 13.6. The monoisotopic (exact) mass is 530 g/mol. The number of esters is 1. The maximum Gasteiger partial charge on any atom is 0.341 e. The summed E-state index contributed by atoms with van der Waals surface area (Å²) in [4.78, 5) is 49.5. The number of amides is 1. The summed E-state index contributed by atoms with van der Waals surface area (Å²) in [6.45, 7) is 4.55. The number of rotatable bonds is 5. The molecule has 11 nitrogen and oxygen atoms in total. The van der Waals surface area contributed by atoms with Crippen LogP contribution in [0.1, 0.15) is 46.0 Å². The molecule has 0 unspecified atom stereocenters. The number of carbonyl (C=O) groups is 2. The second-order valence-corrected chi connectivity index (χ2v) is 9.37. The van der Waals surface area contributed by atoms with Crippen molar-refractivity contribution >= 4 is 28.6 Å². The highest BCUT2D eigenvalue weighted by Crippen LogP contribution is 2.32. The van der Waals surface area contributed by atoms with Crippen LogP contribution in [-0.4, -0.2) is 51.9 Å². The Hall–Kier alpha value is -4.51. The minimum absolute atomic E-state index is 0.0112. The van der Waals surface area contributed by atoms with E-state index in [-0.39, 0.29) is 53.6 Å². The third-order valence-corrected chi connectivity index (χ3v) is 6.84. The van der Waals surface area contributed by atoms with Gasteiger partial charge in [0.2, 0.25) is 6.79 Å². The van der Waals surface area contributed by atoms with Gasteiger partial charge in [0.05, 0.1) is 24.6 Å². The fourth-order valence-corrected chi connectivity index (χ4v) is 4.92. The number of hydrogen-bond acceptors (Lipinski definition) is 8. The van der Waals surface area contributed by atoms with E-state index in [1.165, 1.54) is 10.5 Å². The zero-order chi connectivity index (χ0) is 27.1. The average Bonchev–Trinajstić information content (AvgIpc) is 3.62. The van der Waals surface area contributed by atoms with Crippen molar-refractivity contribution in [2.24, 2.45) is 4.99 Å². The fourth-order valence-electron chi connectivity index (χ4n) is 4.92. The van der Waals surface area contributed by atoms with Crippen LogP contribution in [0.25, 0.3) is 16.7 Å². The predicted octanol–water partition coefficient (Wildman–Crippen LogP) is 2.78. The summed E-state index contributed by atoms with van der Waals surface area (Å²) in [5, 5.41) is 0.202. The molecule has 11 heteroatoms. The summed E-state index contributed by atoms with van der Waals surface area (Å²) in [5.41, 5.74) is 1.50. The Balaban J connectivity index is 1.66. The van der Waals surface area contributed by atoms with Crippen molar-refractivity contribution in [2.75, 3.05) is 20.0 Å². The van der Waals surface area contributed by atoms with Crippen molar-refractivity contribution in [2.45, 2.75) is 39.3 Å². The number of nitrogens with zero attached hydrogens (tertiary/aromatic N) is 4. The maximum absolute atomic E-state index is 13.6. The summed E-state index contributed by atoms with van der Waals surface area (Å²) in [5.74, 6) is -0.340. The van der Waals surface area contributed by atoms with Gasteiger partial charge in [-0.05, 0) is 62.6 Å². The first kappa shape index (κ1) is 24.8. The number of ether oxygens (including phenoxy) is 4. The smallest absolute Gasteiger partial charge is 0.341 e. The number of aryl methyl sites for hydroxylation is 1. The summed E-state index contributed by atoms with van der Waals surface area (Å²) in [7, 11) is 0. The Morgan fingerprint density at radius 1 is 1.15 bits per heavy atom. The van der Waals surface area contributed by atoms with E-state index in [0.717, 1.165) is 18.4 Å². The van der Waals surface area contributed by atoms with E-state index in [2.05, 4.69) is 4.99 Å². The van der Waals surface area contributed by atoms with Crippen LogP contribution < -0.4 is 20.5 Å². The van der Waals surface area contributed by atoms with E-state index in [1.807, 2.05) is 13.0 Å². The quantitative estimate of drug-likeness (QED) is 0.285. The van der Waals surface area contributed by atoms with Crippen molar-refractivity contribution < 1.29 is 28.5 Å². The summed E-state index contributed by atoms with van der Waals surface area (Å²) < 4.78 is 25.0. The molecule has 3 aromatic heterocycles. The number of carbonyl (C=O) groups excluding carboxylic acids is 2. The number of pyridine rings is 2. The van der Waals surface area contributed by atoms with Crippen LogP contribution in [0.5, 0.6) is 11.5 Å². The van der Waals surface area contributed by atoms with Crippen molar-refractivity contribution in [1.29, 1.82) is 0 Å². The number of aromatic nitrogens is 3. The molecule has 0 bridgehead atoms. The molecule has 2 aliphatic heterocycles. The minimum atomic E-state index is -0.702. The van der Waals surface area contributed by atoms with Gasteiger partial charge in [0.1, 0.15) is 16.9 Å². The first-order valence-electron chi connectivity index (χ1n) is 12.8. The molecule has 1 amide bonds. The lowest BCUT2D eigenvalue weighted by Crippen LogP contribution is -2.35. The molecule has 1 aromatic carbocycles. The predicted molar refractivity (Wildman–Crippen MR) is 139 cm³/mol. The Morgan fingerprint density at radius 2 is 2.00 bits per heavy atom. The van der Waals surface area contributed by atoms with Gasteiger partial charge in [0.25, 0.3) is 11.5 Å². The van der Waals surface area contributed by atoms with E-state index in [0.29, 0.717) is 29.4 Å². The van der Waals surface area contributed by atoms with Gasteiger partial charge in [-0.15, -0.1) is 0 Å². The SMILES string of the molecule is CCOC(=O)c1cc2c(=O)n3cccc(C)c3nc2n(C[C@@H]2CCCO2)c1=NC(=O)c1ccc2c(c1)OCO2. The molecule has 0 saturated carbocycles. The number of hydrogen-bond donors (Lipinski definition) is 0. The van der Waals surface area contributed by atoms with E-state index < -0.39 is 11.9 Å². The largest absolute Gasteiger partial charge is 0.462 e. The molecule has 39 heavy (non-hydrogen) atoms. The molecule has 200 valence electrons. The second-order valence-electron chi connectivity index (χ2n) is 9.37. The van der Waals surface area contributed by atoms with Crippen LogP contribution >= 0.6 is 0 Å². The molecule has 6 rings (SSSR count). The number of fused-ring (bicyclic) bond motifs is 3. The normalized spacial score (nSPS) is 16.8. The average molecular weight is 531 g/mol. The third-order valence-electron chi connectivity index (χ3n) is 6.84. The van der Waals surface area contributed by atoms with Crippen molar-refractivity contribution in [3.63, 3.8) is 0 Å². The van der Waals surface area contributed by atoms with Crippen LogP contribution in [0, 0.1) is 6.92 Å². The van der Waals surface area contributed by atoms with Gasteiger partial charge in [-0.3, -0.25) is 14.0 Å². The first-order chi connectivity index (χ1) is 18.9. The topological polar surface area (TPSA) is 123 Å². The third kappa shape index (κ3) is 4.44. The standard InChI is InChI=1S/C28H26N4O7/c1-3-36-28(35)20-13-19-24(29-23-16(2)6-4-10-31(23)27(19)34)32(14-18-7-5-11-37-18)25(20)30-26(33)17-8-9-21-22(12-17)39-15-38-21/h4,6,8-10,12-13,18H,3,5,7,11,14-15H2,1-2H3/t18-/m0/s1. The Bertz CT molecular complexity index is 1770. The van der Waals surface area contributed by atoms with Crippen molar-refractivity contribution in [1.82, 2.24) is 14.0 Å².